The first kappa shape index (κ1) is 20.4. The number of rotatable bonds is 9. The Kier molecular flexibility index (Phi) is 7.23. The molecule has 0 saturated heterocycles. The Balaban J connectivity index is 2.48. The highest BCUT2D eigenvalue weighted by atomic mass is 32.2. The van der Waals surface area contributed by atoms with E-state index in [9.17, 15) is 13.2 Å². The van der Waals surface area contributed by atoms with Crippen molar-refractivity contribution in [3.63, 3.8) is 0 Å². The Hall–Kier alpha value is -1.60. The number of carbonyl (C=O) groups is 1. The fourth-order valence-corrected chi connectivity index (χ4v) is 3.16. The number of benzene rings is 1. The molecule has 136 valence electrons. The van der Waals surface area contributed by atoms with Gasteiger partial charge in [0.05, 0.1) is 17.9 Å². The summed E-state index contributed by atoms with van der Waals surface area (Å²) >= 11 is 0. The van der Waals surface area contributed by atoms with Gasteiger partial charge in [-0.1, -0.05) is 13.8 Å². The number of carbonyl (C=O) groups excluding carboxylic acids is 1. The van der Waals surface area contributed by atoms with Gasteiger partial charge in [-0.05, 0) is 43.5 Å². The maximum absolute atomic E-state index is 12.0. The molecule has 1 amide bonds. The molecule has 1 rings (SSSR count). The van der Waals surface area contributed by atoms with E-state index in [1.54, 1.807) is 12.1 Å². The summed E-state index contributed by atoms with van der Waals surface area (Å²) in [6.07, 6.45) is 2.17. The van der Waals surface area contributed by atoms with Crippen LogP contribution in [0, 0.1) is 5.92 Å². The lowest BCUT2D eigenvalue weighted by molar-refractivity contribution is -0.123. The van der Waals surface area contributed by atoms with E-state index in [2.05, 4.69) is 19.2 Å². The topological polar surface area (TPSA) is 98.5 Å². The Morgan fingerprint density at radius 3 is 2.33 bits per heavy atom. The largest absolute Gasteiger partial charge is 0.493 e. The number of amides is 1. The molecule has 0 radical (unpaired) electrons. The molecule has 6 nitrogen and oxygen atoms in total. The van der Waals surface area contributed by atoms with Crippen LogP contribution in [0.4, 0.5) is 0 Å². The Morgan fingerprint density at radius 2 is 1.88 bits per heavy atom. The first-order valence-corrected chi connectivity index (χ1v) is 9.89. The van der Waals surface area contributed by atoms with E-state index in [0.717, 1.165) is 12.7 Å². The predicted octanol–water partition coefficient (Wildman–Crippen LogP) is 1.74. The second-order valence-corrected chi connectivity index (χ2v) is 8.77. The van der Waals surface area contributed by atoms with Crippen LogP contribution >= 0.6 is 0 Å². The van der Waals surface area contributed by atoms with Gasteiger partial charge >= 0.3 is 0 Å². The van der Waals surface area contributed by atoms with Crippen molar-refractivity contribution in [3.8, 4) is 5.75 Å². The molecule has 0 spiro atoms. The third-order valence-corrected chi connectivity index (χ3v) is 4.73. The van der Waals surface area contributed by atoms with Gasteiger partial charge in [-0.15, -0.1) is 0 Å². The van der Waals surface area contributed by atoms with Gasteiger partial charge in [-0.3, -0.25) is 4.79 Å². The molecule has 0 aliphatic heterocycles. The molecule has 0 aliphatic carbocycles. The van der Waals surface area contributed by atoms with Crippen molar-refractivity contribution < 1.29 is 17.9 Å². The van der Waals surface area contributed by atoms with Gasteiger partial charge in [-0.2, -0.15) is 0 Å². The molecule has 0 heterocycles. The van der Waals surface area contributed by atoms with Gasteiger partial charge in [0, 0.05) is 18.3 Å². The van der Waals surface area contributed by atoms with Crippen molar-refractivity contribution in [2.24, 2.45) is 11.7 Å². The van der Waals surface area contributed by atoms with Gasteiger partial charge in [0.2, 0.25) is 5.91 Å². The van der Waals surface area contributed by atoms with E-state index in [1.807, 2.05) is 6.92 Å². The van der Waals surface area contributed by atoms with Crippen molar-refractivity contribution in [1.82, 2.24) is 5.32 Å². The highest BCUT2D eigenvalue weighted by Gasteiger charge is 2.25. The highest BCUT2D eigenvalue weighted by Crippen LogP contribution is 2.17. The molecule has 0 aromatic heterocycles. The second kappa shape index (κ2) is 8.48. The minimum Gasteiger partial charge on any atom is -0.493 e. The number of nitrogens with one attached hydrogen (secondary N) is 1. The lowest BCUT2D eigenvalue weighted by atomic mass is 9.90. The standard InChI is InChI=1S/C17H28N2O4S/c1-13(2)11-17(3,12-18)19-16(20)9-10-23-14-5-7-15(8-6-14)24(4,21)22/h5-8,13H,9-12,18H2,1-4H3,(H,19,20). The summed E-state index contributed by atoms with van der Waals surface area (Å²) in [5.74, 6) is 0.846. The van der Waals surface area contributed by atoms with Gasteiger partial charge in [0.25, 0.3) is 0 Å². The maximum atomic E-state index is 12.0. The maximum Gasteiger partial charge on any atom is 0.223 e. The molecule has 0 saturated carbocycles. The average Bonchev–Trinajstić information content (AvgIpc) is 2.46. The van der Waals surface area contributed by atoms with Crippen LogP contribution < -0.4 is 15.8 Å². The van der Waals surface area contributed by atoms with Crippen LogP contribution in [0.15, 0.2) is 29.2 Å². The third-order valence-electron chi connectivity index (χ3n) is 3.60. The summed E-state index contributed by atoms with van der Waals surface area (Å²) in [5.41, 5.74) is 5.36. The Labute approximate surface area is 144 Å². The minimum absolute atomic E-state index is 0.114. The van der Waals surface area contributed by atoms with Crippen LogP contribution in [0.2, 0.25) is 0 Å². The lowest BCUT2D eigenvalue weighted by Crippen LogP contribution is -2.52. The lowest BCUT2D eigenvalue weighted by Gasteiger charge is -2.31. The molecule has 0 aliphatic rings. The first-order chi connectivity index (χ1) is 11.1. The summed E-state index contributed by atoms with van der Waals surface area (Å²) < 4.78 is 28.2. The molecule has 0 bridgehead atoms. The summed E-state index contributed by atoms with van der Waals surface area (Å²) in [7, 11) is -3.22. The van der Waals surface area contributed by atoms with Gasteiger partial charge in [0.1, 0.15) is 5.75 Å². The van der Waals surface area contributed by atoms with Crippen LogP contribution in [0.5, 0.6) is 5.75 Å². The average molecular weight is 356 g/mol. The predicted molar refractivity (Wildman–Crippen MR) is 94.7 cm³/mol. The van der Waals surface area contributed by atoms with Gasteiger partial charge in [-0.25, -0.2) is 8.42 Å². The number of sulfone groups is 1. The zero-order valence-corrected chi connectivity index (χ0v) is 15.7. The van der Waals surface area contributed by atoms with E-state index in [1.165, 1.54) is 12.1 Å². The van der Waals surface area contributed by atoms with Crippen molar-refractivity contribution in [3.05, 3.63) is 24.3 Å². The monoisotopic (exact) mass is 356 g/mol. The molecule has 1 aromatic carbocycles. The van der Waals surface area contributed by atoms with E-state index in [-0.39, 0.29) is 23.8 Å². The smallest absolute Gasteiger partial charge is 0.223 e. The highest BCUT2D eigenvalue weighted by molar-refractivity contribution is 7.90. The fourth-order valence-electron chi connectivity index (χ4n) is 2.53. The molecule has 24 heavy (non-hydrogen) atoms. The summed E-state index contributed by atoms with van der Waals surface area (Å²) in [5, 5.41) is 2.97. The van der Waals surface area contributed by atoms with E-state index in [4.69, 9.17) is 10.5 Å². The van der Waals surface area contributed by atoms with Crippen molar-refractivity contribution in [1.29, 1.82) is 0 Å². The molecule has 0 fully saturated rings. The molecule has 1 atom stereocenters. The SMILES string of the molecule is CC(C)CC(C)(CN)NC(=O)CCOc1ccc(S(C)(=O)=O)cc1. The molecular formula is C17H28N2O4S. The summed E-state index contributed by atoms with van der Waals surface area (Å²) in [6, 6.07) is 6.13. The van der Waals surface area contributed by atoms with Gasteiger partial charge < -0.3 is 15.8 Å². The second-order valence-electron chi connectivity index (χ2n) is 6.75. The first-order valence-electron chi connectivity index (χ1n) is 8.00. The van der Waals surface area contributed by atoms with Crippen LogP contribution in [0.25, 0.3) is 0 Å². The van der Waals surface area contributed by atoms with E-state index >= 15 is 0 Å². The molecule has 7 heteroatoms. The van der Waals surface area contributed by atoms with Crippen LogP contribution in [0.1, 0.15) is 33.6 Å². The third kappa shape index (κ3) is 6.88. The normalized spacial score (nSPS) is 14.2. The van der Waals surface area contributed by atoms with E-state index < -0.39 is 15.4 Å². The van der Waals surface area contributed by atoms with Crippen molar-refractivity contribution >= 4 is 15.7 Å². The van der Waals surface area contributed by atoms with Crippen molar-refractivity contribution in [2.45, 2.75) is 44.0 Å². The zero-order valence-electron chi connectivity index (χ0n) is 14.8. The number of ether oxygens (including phenoxy) is 1. The number of hydrogen-bond acceptors (Lipinski definition) is 5. The van der Waals surface area contributed by atoms with Crippen molar-refractivity contribution in [2.75, 3.05) is 19.4 Å². The summed E-state index contributed by atoms with van der Waals surface area (Å²) in [4.78, 5) is 12.3. The Morgan fingerprint density at radius 1 is 1.29 bits per heavy atom. The number of nitrogens with two attached hydrogens (primary N) is 1. The molecule has 1 unspecified atom stereocenters. The Bertz CT molecular complexity index is 641. The quantitative estimate of drug-likeness (QED) is 0.702. The van der Waals surface area contributed by atoms with E-state index in [0.29, 0.717) is 18.2 Å². The molecular weight excluding hydrogens is 328 g/mol. The zero-order chi connectivity index (χ0) is 18.4. The fraction of sp³-hybridized carbons (Fsp3) is 0.588. The molecule has 1 aromatic rings. The number of hydrogen-bond donors (Lipinski definition) is 2. The van der Waals surface area contributed by atoms with Crippen LogP contribution in [-0.2, 0) is 14.6 Å². The minimum atomic E-state index is -3.22. The van der Waals surface area contributed by atoms with Gasteiger partial charge in [0.15, 0.2) is 9.84 Å². The summed E-state index contributed by atoms with van der Waals surface area (Å²) in [6.45, 7) is 6.71. The van der Waals surface area contributed by atoms with Crippen LogP contribution in [-0.4, -0.2) is 39.3 Å². The van der Waals surface area contributed by atoms with Crippen LogP contribution in [0.3, 0.4) is 0 Å². The molecule has 3 N–H and O–H groups in total.